The number of aromatic nitrogens is 1. The molecule has 1 heterocycles. The van der Waals surface area contributed by atoms with Crippen LogP contribution in [0.25, 0.3) is 0 Å². The third-order valence-electron chi connectivity index (χ3n) is 2.91. The van der Waals surface area contributed by atoms with E-state index in [4.69, 9.17) is 10.5 Å². The number of hydrogen-bond acceptors (Lipinski definition) is 3. The summed E-state index contributed by atoms with van der Waals surface area (Å²) in [6.07, 6.45) is 3.27. The summed E-state index contributed by atoms with van der Waals surface area (Å²) < 4.78 is 5.87. The summed E-state index contributed by atoms with van der Waals surface area (Å²) in [6, 6.07) is 8.04. The van der Waals surface area contributed by atoms with Crippen molar-refractivity contribution >= 4 is 5.69 Å². The first-order chi connectivity index (χ1) is 8.58. The number of benzene rings is 1. The second kappa shape index (κ2) is 5.08. The molecular formula is C15H18N2O. The molecule has 1 aromatic carbocycles. The normalized spacial score (nSPS) is 10.7. The van der Waals surface area contributed by atoms with Crippen LogP contribution < -0.4 is 10.5 Å². The zero-order valence-corrected chi connectivity index (χ0v) is 11.0. The highest BCUT2D eigenvalue weighted by atomic mass is 16.5. The minimum Gasteiger partial charge on any atom is -0.455 e. The maximum atomic E-state index is 5.87. The number of hydrogen-bond donors (Lipinski definition) is 1. The van der Waals surface area contributed by atoms with E-state index in [0.717, 1.165) is 11.3 Å². The van der Waals surface area contributed by atoms with Gasteiger partial charge in [-0.1, -0.05) is 26.0 Å². The Balaban J connectivity index is 2.34. The maximum absolute atomic E-state index is 5.87. The van der Waals surface area contributed by atoms with Crippen LogP contribution >= 0.6 is 0 Å². The van der Waals surface area contributed by atoms with Crippen molar-refractivity contribution < 1.29 is 4.74 Å². The quantitative estimate of drug-likeness (QED) is 0.888. The highest BCUT2D eigenvalue weighted by molar-refractivity contribution is 5.52. The van der Waals surface area contributed by atoms with Gasteiger partial charge in [0.05, 0.1) is 11.9 Å². The Bertz CT molecular complexity index is 550. The number of nitrogen functional groups attached to an aromatic ring is 1. The van der Waals surface area contributed by atoms with Gasteiger partial charge in [0.15, 0.2) is 5.75 Å². The van der Waals surface area contributed by atoms with Crippen molar-refractivity contribution in [3.8, 4) is 11.5 Å². The van der Waals surface area contributed by atoms with Gasteiger partial charge in [0.1, 0.15) is 5.75 Å². The molecule has 0 aliphatic carbocycles. The molecule has 2 rings (SSSR count). The number of nitrogens with two attached hydrogens (primary N) is 1. The molecule has 0 spiro atoms. The number of pyridine rings is 1. The van der Waals surface area contributed by atoms with Crippen LogP contribution in [0.4, 0.5) is 5.69 Å². The van der Waals surface area contributed by atoms with E-state index in [-0.39, 0.29) is 0 Å². The average molecular weight is 242 g/mol. The van der Waals surface area contributed by atoms with Crippen molar-refractivity contribution in [1.82, 2.24) is 4.98 Å². The van der Waals surface area contributed by atoms with Crippen molar-refractivity contribution in [2.75, 3.05) is 5.73 Å². The average Bonchev–Trinajstić information content (AvgIpc) is 2.34. The van der Waals surface area contributed by atoms with Crippen molar-refractivity contribution in [2.45, 2.75) is 26.7 Å². The van der Waals surface area contributed by atoms with Gasteiger partial charge in [0, 0.05) is 12.3 Å². The van der Waals surface area contributed by atoms with Crippen LogP contribution in [0, 0.1) is 6.92 Å². The highest BCUT2D eigenvalue weighted by Crippen LogP contribution is 2.31. The minimum absolute atomic E-state index is 0.475. The smallest absolute Gasteiger partial charge is 0.153 e. The molecule has 0 saturated heterocycles. The molecule has 0 saturated carbocycles. The van der Waals surface area contributed by atoms with E-state index in [9.17, 15) is 0 Å². The molecular weight excluding hydrogens is 224 g/mol. The summed E-state index contributed by atoms with van der Waals surface area (Å²) in [4.78, 5) is 3.95. The fourth-order valence-corrected chi connectivity index (χ4v) is 1.69. The summed E-state index contributed by atoms with van der Waals surface area (Å²) in [5.41, 5.74) is 8.72. The third-order valence-corrected chi connectivity index (χ3v) is 2.91. The molecule has 0 unspecified atom stereocenters. The Morgan fingerprint density at radius 2 is 1.94 bits per heavy atom. The summed E-state index contributed by atoms with van der Waals surface area (Å²) in [5, 5.41) is 0. The molecule has 0 radical (unpaired) electrons. The van der Waals surface area contributed by atoms with E-state index in [2.05, 4.69) is 37.0 Å². The predicted molar refractivity (Wildman–Crippen MR) is 74.0 cm³/mol. The summed E-state index contributed by atoms with van der Waals surface area (Å²) in [7, 11) is 0. The van der Waals surface area contributed by atoms with Gasteiger partial charge in [0.25, 0.3) is 0 Å². The lowest BCUT2D eigenvalue weighted by Crippen LogP contribution is -1.95. The van der Waals surface area contributed by atoms with Crippen molar-refractivity contribution in [3.05, 3.63) is 47.8 Å². The largest absolute Gasteiger partial charge is 0.455 e. The first-order valence-corrected chi connectivity index (χ1v) is 6.06. The number of ether oxygens (including phenoxy) is 1. The van der Waals surface area contributed by atoms with Gasteiger partial charge in [0.2, 0.25) is 0 Å². The number of rotatable bonds is 3. The molecule has 3 heteroatoms. The van der Waals surface area contributed by atoms with Crippen molar-refractivity contribution in [2.24, 2.45) is 0 Å². The molecule has 0 amide bonds. The molecule has 2 aromatic rings. The van der Waals surface area contributed by atoms with Gasteiger partial charge < -0.3 is 10.5 Å². The summed E-state index contributed by atoms with van der Waals surface area (Å²) in [6.45, 7) is 6.35. The van der Waals surface area contributed by atoms with Crippen molar-refractivity contribution in [3.63, 3.8) is 0 Å². The van der Waals surface area contributed by atoms with Crippen LogP contribution in [-0.2, 0) is 0 Å². The third kappa shape index (κ3) is 2.62. The van der Waals surface area contributed by atoms with E-state index < -0.39 is 0 Å². The maximum Gasteiger partial charge on any atom is 0.153 e. The Hall–Kier alpha value is -2.03. The van der Waals surface area contributed by atoms with Gasteiger partial charge in [-0.3, -0.25) is 4.98 Å². The van der Waals surface area contributed by atoms with E-state index in [1.54, 1.807) is 18.5 Å². The number of aryl methyl sites for hydroxylation is 1. The van der Waals surface area contributed by atoms with Gasteiger partial charge in [-0.25, -0.2) is 0 Å². The zero-order valence-electron chi connectivity index (χ0n) is 11.0. The van der Waals surface area contributed by atoms with Crippen LogP contribution in [0.1, 0.15) is 30.9 Å². The lowest BCUT2D eigenvalue weighted by Gasteiger charge is -2.13. The molecule has 0 aliphatic rings. The Morgan fingerprint density at radius 1 is 1.17 bits per heavy atom. The Morgan fingerprint density at radius 3 is 2.61 bits per heavy atom. The van der Waals surface area contributed by atoms with Crippen LogP contribution in [0.2, 0.25) is 0 Å². The first kappa shape index (κ1) is 12.4. The highest BCUT2D eigenvalue weighted by Gasteiger charge is 2.07. The number of anilines is 1. The lowest BCUT2D eigenvalue weighted by atomic mass is 10.0. The molecule has 2 N–H and O–H groups in total. The minimum atomic E-state index is 0.475. The second-order valence-electron chi connectivity index (χ2n) is 4.70. The molecule has 94 valence electrons. The van der Waals surface area contributed by atoms with Crippen LogP contribution in [0.5, 0.6) is 11.5 Å². The van der Waals surface area contributed by atoms with Crippen LogP contribution in [0.3, 0.4) is 0 Å². The molecule has 18 heavy (non-hydrogen) atoms. The fraction of sp³-hybridized carbons (Fsp3) is 0.267. The molecule has 1 aromatic heterocycles. The van der Waals surface area contributed by atoms with E-state index in [0.29, 0.717) is 17.4 Å². The monoisotopic (exact) mass is 242 g/mol. The number of nitrogens with zero attached hydrogens (tertiary/aromatic N) is 1. The molecule has 0 bridgehead atoms. The zero-order chi connectivity index (χ0) is 13.1. The summed E-state index contributed by atoms with van der Waals surface area (Å²) >= 11 is 0. The second-order valence-corrected chi connectivity index (χ2v) is 4.70. The SMILES string of the molecule is Cc1ccc(C(C)C)cc1Oc1ccncc1N. The van der Waals surface area contributed by atoms with Crippen LogP contribution in [-0.4, -0.2) is 4.98 Å². The van der Waals surface area contributed by atoms with Gasteiger partial charge in [-0.2, -0.15) is 0 Å². The standard InChI is InChI=1S/C15H18N2O/c1-10(2)12-5-4-11(3)15(8-12)18-14-6-7-17-9-13(14)16/h4-10H,16H2,1-3H3. The predicted octanol–water partition coefficient (Wildman–Crippen LogP) is 3.89. The van der Waals surface area contributed by atoms with E-state index in [1.807, 2.05) is 6.92 Å². The first-order valence-electron chi connectivity index (χ1n) is 6.06. The van der Waals surface area contributed by atoms with E-state index >= 15 is 0 Å². The molecule has 0 aliphatic heterocycles. The topological polar surface area (TPSA) is 48.1 Å². The summed E-state index contributed by atoms with van der Waals surface area (Å²) in [5.74, 6) is 1.97. The van der Waals surface area contributed by atoms with Gasteiger partial charge >= 0.3 is 0 Å². The molecule has 0 fully saturated rings. The van der Waals surface area contributed by atoms with Gasteiger partial charge in [-0.15, -0.1) is 0 Å². The Kier molecular flexibility index (Phi) is 3.51. The van der Waals surface area contributed by atoms with Crippen molar-refractivity contribution in [1.29, 1.82) is 0 Å². The van der Waals surface area contributed by atoms with Gasteiger partial charge in [-0.05, 0) is 30.0 Å². The lowest BCUT2D eigenvalue weighted by molar-refractivity contribution is 0.479. The van der Waals surface area contributed by atoms with Crippen LogP contribution in [0.15, 0.2) is 36.7 Å². The molecule has 0 atom stereocenters. The van der Waals surface area contributed by atoms with E-state index in [1.165, 1.54) is 5.56 Å². The fourth-order valence-electron chi connectivity index (χ4n) is 1.69. The molecule has 3 nitrogen and oxygen atoms in total. The Labute approximate surface area is 108 Å².